The van der Waals surface area contributed by atoms with E-state index in [9.17, 15) is 14.7 Å². The van der Waals surface area contributed by atoms with Crippen molar-refractivity contribution < 1.29 is 9.84 Å². The van der Waals surface area contributed by atoms with E-state index in [4.69, 9.17) is 4.74 Å². The molecule has 0 aromatic carbocycles. The summed E-state index contributed by atoms with van der Waals surface area (Å²) >= 11 is 0. The summed E-state index contributed by atoms with van der Waals surface area (Å²) in [5.41, 5.74) is -0.436. The van der Waals surface area contributed by atoms with E-state index < -0.39 is 17.5 Å². The number of hydrogen-bond donors (Lipinski definition) is 3. The van der Waals surface area contributed by atoms with Crippen LogP contribution >= 0.6 is 0 Å². The summed E-state index contributed by atoms with van der Waals surface area (Å²) in [4.78, 5) is 25.2. The molecule has 0 aliphatic carbocycles. The van der Waals surface area contributed by atoms with Crippen molar-refractivity contribution in [2.24, 2.45) is 0 Å². The lowest BCUT2D eigenvalue weighted by Gasteiger charge is -2.15. The maximum absolute atomic E-state index is 11.7. The topological polar surface area (TPSA) is 96.4 Å². The van der Waals surface area contributed by atoms with Crippen LogP contribution in [0.1, 0.15) is 18.2 Å². The number of aliphatic hydroxyl groups excluding tert-OH is 1. The Balaban J connectivity index is 2.31. The molecular weight excluding hydrogens is 238 g/mol. The molecule has 2 rings (SSSR count). The number of hydrogen-bond acceptors (Lipinski definition) is 5. The third-order valence-corrected chi connectivity index (χ3v) is 3.24. The fourth-order valence-corrected chi connectivity index (χ4v) is 2.17. The van der Waals surface area contributed by atoms with Crippen molar-refractivity contribution in [1.82, 2.24) is 14.9 Å². The highest BCUT2D eigenvalue weighted by Crippen LogP contribution is 2.27. The monoisotopic (exact) mass is 255 g/mol. The fraction of sp³-hybridized carbons (Fsp3) is 0.636. The van der Waals surface area contributed by atoms with Gasteiger partial charge in [0.2, 0.25) is 0 Å². The van der Waals surface area contributed by atoms with Gasteiger partial charge in [0.05, 0.1) is 12.7 Å². The first kappa shape index (κ1) is 13.0. The molecule has 3 atom stereocenters. The standard InChI is InChI=1S/C11H17N3O4/c1-6-4-14(11(17)13-10(6)16)9-3-7(12-2)8(5-15)18-9/h4,7-9,12,15H,3,5H2,1-2H3,(H,13,16,17)/t7-,8-,9+/m0/s1. The smallest absolute Gasteiger partial charge is 0.330 e. The van der Waals surface area contributed by atoms with Gasteiger partial charge in [-0.15, -0.1) is 0 Å². The van der Waals surface area contributed by atoms with Crippen LogP contribution < -0.4 is 16.6 Å². The molecule has 0 bridgehead atoms. The zero-order valence-corrected chi connectivity index (χ0v) is 10.3. The lowest BCUT2D eigenvalue weighted by atomic mass is 10.1. The van der Waals surface area contributed by atoms with Gasteiger partial charge in [-0.1, -0.05) is 0 Å². The van der Waals surface area contributed by atoms with Gasteiger partial charge in [0.15, 0.2) is 0 Å². The summed E-state index contributed by atoms with van der Waals surface area (Å²) in [6, 6.07) is -0.0147. The number of ether oxygens (including phenoxy) is 1. The summed E-state index contributed by atoms with van der Waals surface area (Å²) in [7, 11) is 1.78. The number of aromatic amines is 1. The number of likely N-dealkylation sites (N-methyl/N-ethyl adjacent to an activating group) is 1. The summed E-state index contributed by atoms with van der Waals surface area (Å²) in [6.45, 7) is 1.52. The van der Waals surface area contributed by atoms with Gasteiger partial charge in [-0.3, -0.25) is 14.3 Å². The Kier molecular flexibility index (Phi) is 3.65. The summed E-state index contributed by atoms with van der Waals surface area (Å²) < 4.78 is 6.96. The molecule has 1 fully saturated rings. The average molecular weight is 255 g/mol. The zero-order chi connectivity index (χ0) is 13.3. The van der Waals surface area contributed by atoms with Crippen LogP contribution in [0.3, 0.4) is 0 Å². The highest BCUT2D eigenvalue weighted by molar-refractivity contribution is 5.02. The van der Waals surface area contributed by atoms with Crippen molar-refractivity contribution in [3.63, 3.8) is 0 Å². The van der Waals surface area contributed by atoms with Gasteiger partial charge in [-0.25, -0.2) is 4.79 Å². The number of aromatic nitrogens is 2. The Morgan fingerprint density at radius 3 is 2.89 bits per heavy atom. The van der Waals surface area contributed by atoms with Crippen LogP contribution in [-0.4, -0.2) is 40.5 Å². The first-order chi connectivity index (χ1) is 8.56. The first-order valence-electron chi connectivity index (χ1n) is 5.82. The molecule has 0 saturated carbocycles. The lowest BCUT2D eigenvalue weighted by Crippen LogP contribution is -2.35. The Bertz CT molecular complexity index is 524. The molecule has 0 amide bonds. The quantitative estimate of drug-likeness (QED) is 0.624. The molecule has 100 valence electrons. The molecule has 7 nitrogen and oxygen atoms in total. The molecule has 18 heavy (non-hydrogen) atoms. The number of aryl methyl sites for hydroxylation is 1. The number of H-pyrrole nitrogens is 1. The third kappa shape index (κ3) is 2.24. The highest BCUT2D eigenvalue weighted by Gasteiger charge is 2.35. The Morgan fingerprint density at radius 1 is 1.61 bits per heavy atom. The molecule has 7 heteroatoms. The van der Waals surface area contributed by atoms with Gasteiger partial charge in [0.25, 0.3) is 5.56 Å². The van der Waals surface area contributed by atoms with E-state index in [2.05, 4.69) is 10.3 Å². The van der Waals surface area contributed by atoms with Crippen LogP contribution in [0.4, 0.5) is 0 Å². The van der Waals surface area contributed by atoms with Crippen LogP contribution in [0.5, 0.6) is 0 Å². The molecule has 2 heterocycles. The van der Waals surface area contributed by atoms with Crippen LogP contribution in [-0.2, 0) is 4.74 Å². The highest BCUT2D eigenvalue weighted by atomic mass is 16.5. The van der Waals surface area contributed by atoms with E-state index in [0.29, 0.717) is 12.0 Å². The number of rotatable bonds is 3. The van der Waals surface area contributed by atoms with Crippen molar-refractivity contribution in [1.29, 1.82) is 0 Å². The SMILES string of the molecule is CN[C@H]1C[C@H](n2cc(C)c(=O)[nH]c2=O)O[C@H]1CO. The number of nitrogens with one attached hydrogen (secondary N) is 2. The fourth-order valence-electron chi connectivity index (χ4n) is 2.17. The summed E-state index contributed by atoms with van der Waals surface area (Å²) in [6.07, 6.45) is 1.23. The molecule has 0 radical (unpaired) electrons. The summed E-state index contributed by atoms with van der Waals surface area (Å²) in [5, 5.41) is 12.2. The van der Waals surface area contributed by atoms with Crippen LogP contribution in [0.2, 0.25) is 0 Å². The van der Waals surface area contributed by atoms with E-state index in [1.165, 1.54) is 10.8 Å². The van der Waals surface area contributed by atoms with Gasteiger partial charge in [-0.05, 0) is 14.0 Å². The van der Waals surface area contributed by atoms with E-state index in [1.54, 1.807) is 14.0 Å². The van der Waals surface area contributed by atoms with E-state index >= 15 is 0 Å². The summed E-state index contributed by atoms with van der Waals surface area (Å²) in [5.74, 6) is 0. The van der Waals surface area contributed by atoms with Gasteiger partial charge in [0, 0.05) is 24.2 Å². The third-order valence-electron chi connectivity index (χ3n) is 3.24. The molecule has 0 spiro atoms. The molecular formula is C11H17N3O4. The second-order valence-electron chi connectivity index (χ2n) is 4.42. The van der Waals surface area contributed by atoms with Crippen molar-refractivity contribution in [3.05, 3.63) is 32.6 Å². The number of aliphatic hydroxyl groups is 1. The normalized spacial score (nSPS) is 27.6. The molecule has 1 saturated heterocycles. The van der Waals surface area contributed by atoms with Gasteiger partial charge < -0.3 is 15.2 Å². The van der Waals surface area contributed by atoms with Crippen molar-refractivity contribution in [3.8, 4) is 0 Å². The van der Waals surface area contributed by atoms with Gasteiger partial charge >= 0.3 is 5.69 Å². The lowest BCUT2D eigenvalue weighted by molar-refractivity contribution is -0.0287. The molecule has 0 unspecified atom stereocenters. The second kappa shape index (κ2) is 5.05. The van der Waals surface area contributed by atoms with E-state index in [-0.39, 0.29) is 18.8 Å². The molecule has 1 aromatic heterocycles. The van der Waals surface area contributed by atoms with Crippen molar-refractivity contribution >= 4 is 0 Å². The van der Waals surface area contributed by atoms with Crippen LogP contribution in [0.15, 0.2) is 15.8 Å². The van der Waals surface area contributed by atoms with Crippen LogP contribution in [0.25, 0.3) is 0 Å². The largest absolute Gasteiger partial charge is 0.394 e. The number of nitrogens with zero attached hydrogens (tertiary/aromatic N) is 1. The minimum absolute atomic E-state index is 0.0147. The van der Waals surface area contributed by atoms with E-state index in [1.807, 2.05) is 0 Å². The zero-order valence-electron chi connectivity index (χ0n) is 10.3. The predicted octanol–water partition coefficient (Wildman–Crippen LogP) is -1.29. The van der Waals surface area contributed by atoms with Gasteiger partial charge in [0.1, 0.15) is 6.23 Å². The molecule has 1 aromatic rings. The second-order valence-corrected chi connectivity index (χ2v) is 4.42. The van der Waals surface area contributed by atoms with Gasteiger partial charge in [-0.2, -0.15) is 0 Å². The maximum atomic E-state index is 11.7. The van der Waals surface area contributed by atoms with Crippen molar-refractivity contribution in [2.45, 2.75) is 31.7 Å². The maximum Gasteiger partial charge on any atom is 0.330 e. The molecule has 3 N–H and O–H groups in total. The minimum atomic E-state index is -0.496. The van der Waals surface area contributed by atoms with Crippen LogP contribution in [0, 0.1) is 6.92 Å². The minimum Gasteiger partial charge on any atom is -0.394 e. The average Bonchev–Trinajstić information content (AvgIpc) is 2.76. The Labute approximate surface area is 103 Å². The molecule has 1 aliphatic heterocycles. The first-order valence-corrected chi connectivity index (χ1v) is 5.82. The Morgan fingerprint density at radius 2 is 2.33 bits per heavy atom. The van der Waals surface area contributed by atoms with Crippen molar-refractivity contribution in [2.75, 3.05) is 13.7 Å². The predicted molar refractivity (Wildman–Crippen MR) is 64.5 cm³/mol. The van der Waals surface area contributed by atoms with E-state index in [0.717, 1.165) is 0 Å². The molecule has 1 aliphatic rings. The Hall–Kier alpha value is -1.44.